The van der Waals surface area contributed by atoms with E-state index in [4.69, 9.17) is 19.4 Å². The van der Waals surface area contributed by atoms with E-state index in [2.05, 4.69) is 100 Å². The van der Waals surface area contributed by atoms with Crippen LogP contribution in [0.2, 0.25) is 0 Å². The Hall–Kier alpha value is -1.46. The second-order valence-corrected chi connectivity index (χ2v) is 24.8. The summed E-state index contributed by atoms with van der Waals surface area (Å²) in [5, 5.41) is 0. The number of ether oxygens (including phenoxy) is 1. The van der Waals surface area contributed by atoms with Gasteiger partial charge in [0.1, 0.15) is 0 Å². The molecule has 11 heteroatoms. The molecule has 3 saturated carbocycles. The average molecular weight is 947 g/mol. The molecular formula is C46H71Cl2F4N2OPRu. The Morgan fingerprint density at radius 3 is 1.18 bits per heavy atom. The van der Waals surface area contributed by atoms with Crippen molar-refractivity contribution in [3.05, 3.63) is 89.8 Å². The third-order valence-electron chi connectivity index (χ3n) is 11.3. The third-order valence-corrected chi connectivity index (χ3v) is 17.6. The number of anilines is 2. The number of halogens is 6. The summed E-state index contributed by atoms with van der Waals surface area (Å²) in [5.41, 5.74) is 14.5. The Kier molecular flexibility index (Phi) is 25.5. The molecule has 2 aromatic rings. The normalized spacial score (nSPS) is 17.8. The molecule has 4 aliphatic rings. The van der Waals surface area contributed by atoms with Crippen LogP contribution in [0.5, 0.6) is 0 Å². The van der Waals surface area contributed by atoms with Crippen molar-refractivity contribution in [1.29, 1.82) is 0 Å². The van der Waals surface area contributed by atoms with Gasteiger partial charge in [-0.2, -0.15) is 15.4 Å². The first kappa shape index (κ1) is 51.7. The monoisotopic (exact) mass is 946 g/mol. The van der Waals surface area contributed by atoms with Crippen LogP contribution in [0.1, 0.15) is 137 Å². The molecule has 2 aromatic carbocycles. The van der Waals surface area contributed by atoms with Crippen molar-refractivity contribution in [3.8, 4) is 0 Å². The fourth-order valence-corrected chi connectivity index (χ4v) is 14.7. The number of aryl methyl sites for hydroxylation is 6. The predicted octanol–water partition coefficient (Wildman–Crippen LogP) is 15.7. The number of hydrogen-bond acceptors (Lipinski definition) is 3. The van der Waals surface area contributed by atoms with E-state index >= 15 is 0 Å². The van der Waals surface area contributed by atoms with E-state index in [0.29, 0.717) is 0 Å². The summed E-state index contributed by atoms with van der Waals surface area (Å²) in [7, 11) is 9.42. The van der Waals surface area contributed by atoms with Crippen LogP contribution in [0.15, 0.2) is 49.8 Å². The van der Waals surface area contributed by atoms with Gasteiger partial charge in [-0.15, -0.1) is 0 Å². The number of hydrogen-bond donors (Lipinski definition) is 0. The zero-order chi connectivity index (χ0) is 42.5. The van der Waals surface area contributed by atoms with Crippen LogP contribution < -0.4 is 9.80 Å². The molecule has 0 spiro atoms. The molecule has 0 atom stereocenters. The zero-order valence-corrected chi connectivity index (χ0v) is 40.0. The molecule has 0 N–H and O–H groups in total. The van der Waals surface area contributed by atoms with Gasteiger partial charge in [0.25, 0.3) is 6.08 Å². The van der Waals surface area contributed by atoms with Crippen LogP contribution in [0, 0.1) is 48.2 Å². The average Bonchev–Trinajstić information content (AvgIpc) is 3.62. The van der Waals surface area contributed by atoms with Gasteiger partial charge < -0.3 is 14.5 Å². The van der Waals surface area contributed by atoms with Gasteiger partial charge in [0.2, 0.25) is 0 Å². The molecule has 57 heavy (non-hydrogen) atoms. The summed E-state index contributed by atoms with van der Waals surface area (Å²) < 4.78 is 44.8. The number of nitrogens with zero attached hydrogens (tertiary/aromatic N) is 2. The van der Waals surface area contributed by atoms with Crippen molar-refractivity contribution < 1.29 is 35.8 Å². The molecular weight excluding hydrogens is 875 g/mol. The van der Waals surface area contributed by atoms with Crippen molar-refractivity contribution in [2.75, 3.05) is 29.5 Å². The minimum absolute atomic E-state index is 0.0465. The molecule has 4 fully saturated rings. The Morgan fingerprint density at radius 2 is 0.965 bits per heavy atom. The summed E-state index contributed by atoms with van der Waals surface area (Å²) in [4.78, 5) is 4.81. The van der Waals surface area contributed by atoms with E-state index < -0.39 is 24.2 Å². The van der Waals surface area contributed by atoms with Gasteiger partial charge in [0.05, 0.1) is 29.8 Å². The van der Waals surface area contributed by atoms with E-state index in [0.717, 1.165) is 19.7 Å². The van der Waals surface area contributed by atoms with Gasteiger partial charge >= 0.3 is 46.3 Å². The van der Waals surface area contributed by atoms with Gasteiger partial charge in [-0.3, -0.25) is 0 Å². The SMILES string of the molecule is C1CCC([PH+](C2CCCCC2)C2CCCCC2)CC1.C=C(F)F.C=COCC.Cc1cc(C)c(N2[CH-]N(c3c(C)cc(C)cc3C)CC2)c(C)c1.F[C](F)=[Ru]([Cl])[Cl]. The molecule has 0 aromatic heterocycles. The summed E-state index contributed by atoms with van der Waals surface area (Å²) in [6.07, 6.45) is 23.4. The van der Waals surface area contributed by atoms with Crippen molar-refractivity contribution in [2.45, 2.75) is 162 Å². The fraction of sp³-hybridized carbons (Fsp3) is 0.609. The molecule has 326 valence electrons. The van der Waals surface area contributed by atoms with Gasteiger partial charge in [-0.1, -0.05) is 61.2 Å². The molecule has 1 saturated heterocycles. The molecule has 0 unspecified atom stereocenters. The van der Waals surface area contributed by atoms with E-state index in [-0.39, 0.29) is 7.92 Å². The molecule has 1 heterocycles. The Morgan fingerprint density at radius 1 is 0.684 bits per heavy atom. The quantitative estimate of drug-likeness (QED) is 0.0904. The van der Waals surface area contributed by atoms with E-state index in [1.165, 1.54) is 68.0 Å². The van der Waals surface area contributed by atoms with Gasteiger partial charge in [0, 0.05) is 32.4 Å². The van der Waals surface area contributed by atoms with Crippen LogP contribution in [-0.4, -0.2) is 41.3 Å². The van der Waals surface area contributed by atoms with Crippen molar-refractivity contribution in [2.24, 2.45) is 0 Å². The van der Waals surface area contributed by atoms with Crippen LogP contribution in [-0.2, 0) is 18.3 Å². The second kappa shape index (κ2) is 28.1. The Labute approximate surface area is 358 Å². The Bertz CT molecular complexity index is 1370. The first-order valence-electron chi connectivity index (χ1n) is 20.9. The van der Waals surface area contributed by atoms with Crippen LogP contribution in [0.3, 0.4) is 0 Å². The molecule has 6 rings (SSSR count). The van der Waals surface area contributed by atoms with Crippen molar-refractivity contribution in [1.82, 2.24) is 0 Å². The third kappa shape index (κ3) is 18.8. The minimum atomic E-state index is -2.75. The summed E-state index contributed by atoms with van der Waals surface area (Å²) in [5.74, 6) is 0. The van der Waals surface area contributed by atoms with Crippen molar-refractivity contribution >= 4 is 43.3 Å². The number of rotatable bonds is 7. The van der Waals surface area contributed by atoms with E-state index in [1.807, 2.05) is 6.92 Å². The van der Waals surface area contributed by atoms with Gasteiger partial charge in [0.15, 0.2) is 0 Å². The van der Waals surface area contributed by atoms with E-state index in [9.17, 15) is 17.6 Å². The topological polar surface area (TPSA) is 15.7 Å². The predicted molar refractivity (Wildman–Crippen MR) is 241 cm³/mol. The maximum absolute atomic E-state index is 10.9. The summed E-state index contributed by atoms with van der Waals surface area (Å²) >= 11 is -2.75. The van der Waals surface area contributed by atoms with Gasteiger partial charge in [-0.05, 0) is 154 Å². The number of benzene rings is 2. The fourth-order valence-electron chi connectivity index (χ4n) is 9.51. The standard InChI is InChI=1S/C21H27N2.C18H33P.C4H8O.C2H2F2.CF2.2ClH.Ru/c1-14-9-16(3)20(17(4)10-14)22-7-8-23(13-22)21-18(5)11-15(2)12-19(21)6;1-4-10-16(11-5-1)19(17-12-6-2-7-13-17)18-14-8-3-9-15-18;1-3-5-4-2;1-2(3)4;2-1-3;;;/h9-13H,7-8H2,1-6H3;16-18H,1-15H2;3H,1,4H2,2H3;1H2;;2*1H;/q-1;;;;;;;+2/p-1. The first-order chi connectivity index (χ1) is 27.1. The van der Waals surface area contributed by atoms with Crippen molar-refractivity contribution in [3.63, 3.8) is 0 Å². The van der Waals surface area contributed by atoms with Crippen LogP contribution >= 0.6 is 27.3 Å². The molecule has 0 amide bonds. The molecule has 3 aliphatic carbocycles. The summed E-state index contributed by atoms with van der Waals surface area (Å²) in [6, 6.07) is 9.12. The molecule has 0 radical (unpaired) electrons. The first-order valence-corrected chi connectivity index (χ1v) is 28.0. The zero-order valence-electron chi connectivity index (χ0n) is 35.8. The molecule has 3 nitrogen and oxygen atoms in total. The summed E-state index contributed by atoms with van der Waals surface area (Å²) in [6.45, 7) is 25.8. The van der Waals surface area contributed by atoms with Gasteiger partial charge in [-0.25, -0.2) is 0 Å². The molecule has 1 aliphatic heterocycles. The van der Waals surface area contributed by atoms with Crippen LogP contribution in [0.25, 0.3) is 0 Å². The Balaban J connectivity index is 0.000000294. The molecule has 0 bridgehead atoms. The van der Waals surface area contributed by atoms with Crippen LogP contribution in [0.4, 0.5) is 28.9 Å². The maximum atomic E-state index is 10.9. The van der Waals surface area contributed by atoms with E-state index in [1.54, 1.807) is 96.3 Å². The second-order valence-electron chi connectivity index (χ2n) is 15.9.